The summed E-state index contributed by atoms with van der Waals surface area (Å²) < 4.78 is 12.9. The number of hydrogen-bond acceptors (Lipinski definition) is 4. The third kappa shape index (κ3) is 5.11. The highest BCUT2D eigenvalue weighted by molar-refractivity contribution is 7.14. The highest BCUT2D eigenvalue weighted by atomic mass is 32.1. The van der Waals surface area contributed by atoms with Gasteiger partial charge in [-0.25, -0.2) is 14.2 Å². The van der Waals surface area contributed by atoms with E-state index in [2.05, 4.69) is 20.9 Å². The second-order valence-electron chi connectivity index (χ2n) is 5.95. The highest BCUT2D eigenvalue weighted by Crippen LogP contribution is 2.19. The van der Waals surface area contributed by atoms with Gasteiger partial charge in [-0.15, -0.1) is 11.3 Å². The van der Waals surface area contributed by atoms with Crippen LogP contribution in [0.3, 0.4) is 0 Å². The second-order valence-corrected chi connectivity index (χ2v) is 6.81. The number of halogens is 1. The number of amides is 3. The molecule has 0 radical (unpaired) electrons. The van der Waals surface area contributed by atoms with Crippen molar-refractivity contribution in [1.82, 2.24) is 4.98 Å². The number of aromatic nitrogens is 1. The summed E-state index contributed by atoms with van der Waals surface area (Å²) in [5, 5.41) is 9.74. The van der Waals surface area contributed by atoms with Crippen LogP contribution in [0.2, 0.25) is 0 Å². The Morgan fingerprint density at radius 2 is 1.59 bits per heavy atom. The lowest BCUT2D eigenvalue weighted by Crippen LogP contribution is -2.19. The first-order chi connectivity index (χ1) is 12.9. The smallest absolute Gasteiger partial charge is 0.321 e. The Hall–Kier alpha value is -3.26. The summed E-state index contributed by atoms with van der Waals surface area (Å²) in [6.07, 6.45) is 0. The third-order valence-corrected chi connectivity index (χ3v) is 4.30. The molecule has 1 heterocycles. The van der Waals surface area contributed by atoms with Gasteiger partial charge in [0.1, 0.15) is 11.5 Å². The zero-order chi connectivity index (χ0) is 19.4. The van der Waals surface area contributed by atoms with E-state index in [1.807, 2.05) is 32.0 Å². The van der Waals surface area contributed by atoms with Crippen molar-refractivity contribution in [1.29, 1.82) is 0 Å². The van der Waals surface area contributed by atoms with Gasteiger partial charge in [-0.3, -0.25) is 10.1 Å². The van der Waals surface area contributed by atoms with Gasteiger partial charge >= 0.3 is 6.03 Å². The number of thiazole rings is 1. The fraction of sp³-hybridized carbons (Fsp3) is 0.105. The molecular formula is C19H17FN4O2S. The van der Waals surface area contributed by atoms with Crippen LogP contribution in [0.15, 0.2) is 47.8 Å². The molecule has 0 spiro atoms. The summed E-state index contributed by atoms with van der Waals surface area (Å²) >= 11 is 1.13. The molecular weight excluding hydrogens is 367 g/mol. The van der Waals surface area contributed by atoms with Crippen molar-refractivity contribution in [3.05, 3.63) is 70.5 Å². The number of carbonyl (C=O) groups is 2. The van der Waals surface area contributed by atoms with Gasteiger partial charge in [0.2, 0.25) is 0 Å². The van der Waals surface area contributed by atoms with Crippen LogP contribution in [0.4, 0.5) is 25.7 Å². The van der Waals surface area contributed by atoms with Crippen LogP contribution < -0.4 is 16.0 Å². The minimum atomic E-state index is -0.530. The van der Waals surface area contributed by atoms with E-state index in [1.165, 1.54) is 24.3 Å². The molecule has 8 heteroatoms. The molecule has 0 atom stereocenters. The van der Waals surface area contributed by atoms with Gasteiger partial charge in [-0.2, -0.15) is 0 Å². The van der Waals surface area contributed by atoms with Crippen LogP contribution in [0.5, 0.6) is 0 Å². The monoisotopic (exact) mass is 384 g/mol. The second kappa shape index (κ2) is 7.96. The minimum Gasteiger partial charge on any atom is -0.321 e. The van der Waals surface area contributed by atoms with Crippen molar-refractivity contribution in [3.8, 4) is 0 Å². The fourth-order valence-corrected chi connectivity index (χ4v) is 3.16. The Morgan fingerprint density at radius 3 is 2.26 bits per heavy atom. The van der Waals surface area contributed by atoms with E-state index in [-0.39, 0.29) is 22.5 Å². The largest absolute Gasteiger partial charge is 0.325 e. The Balaban J connectivity index is 1.61. The topological polar surface area (TPSA) is 83.1 Å². The molecule has 2 aromatic carbocycles. The van der Waals surface area contributed by atoms with Crippen molar-refractivity contribution >= 4 is 39.8 Å². The summed E-state index contributed by atoms with van der Waals surface area (Å²) in [5.41, 5.74) is 3.43. The SMILES string of the molecule is Cc1cc(C)cc(NC(=O)c2csc(NC(=O)Nc3ccc(F)cc3)n2)c1. The van der Waals surface area contributed by atoms with Crippen LogP contribution in [0, 0.1) is 19.7 Å². The Morgan fingerprint density at radius 1 is 0.926 bits per heavy atom. The van der Waals surface area contributed by atoms with E-state index in [0.717, 1.165) is 22.5 Å². The maximum atomic E-state index is 12.9. The van der Waals surface area contributed by atoms with Crippen LogP contribution in [0.25, 0.3) is 0 Å². The molecule has 138 valence electrons. The molecule has 0 aliphatic heterocycles. The van der Waals surface area contributed by atoms with Crippen molar-refractivity contribution < 1.29 is 14.0 Å². The number of hydrogen-bond donors (Lipinski definition) is 3. The Bertz CT molecular complexity index is 965. The van der Waals surface area contributed by atoms with Gasteiger partial charge in [-0.05, 0) is 61.4 Å². The molecule has 1 aromatic heterocycles. The summed E-state index contributed by atoms with van der Waals surface area (Å²) in [6.45, 7) is 3.90. The predicted molar refractivity (Wildman–Crippen MR) is 105 cm³/mol. The minimum absolute atomic E-state index is 0.205. The summed E-state index contributed by atoms with van der Waals surface area (Å²) in [4.78, 5) is 28.4. The molecule has 3 N–H and O–H groups in total. The number of urea groups is 1. The zero-order valence-electron chi connectivity index (χ0n) is 14.7. The molecule has 6 nitrogen and oxygen atoms in total. The average Bonchev–Trinajstić information content (AvgIpc) is 3.04. The number of aryl methyl sites for hydroxylation is 2. The Labute approximate surface area is 159 Å². The third-order valence-electron chi connectivity index (χ3n) is 3.54. The van der Waals surface area contributed by atoms with Gasteiger partial charge in [0.05, 0.1) is 0 Å². The van der Waals surface area contributed by atoms with Crippen molar-refractivity contribution in [2.45, 2.75) is 13.8 Å². The Kier molecular flexibility index (Phi) is 5.46. The molecule has 3 amide bonds. The first-order valence-corrected chi connectivity index (χ1v) is 8.96. The molecule has 27 heavy (non-hydrogen) atoms. The number of nitrogens with one attached hydrogen (secondary N) is 3. The number of carbonyl (C=O) groups excluding carboxylic acids is 2. The molecule has 0 unspecified atom stereocenters. The normalized spacial score (nSPS) is 10.3. The maximum absolute atomic E-state index is 12.9. The molecule has 0 fully saturated rings. The van der Waals surface area contributed by atoms with Crippen molar-refractivity contribution in [3.63, 3.8) is 0 Å². The number of rotatable bonds is 4. The van der Waals surface area contributed by atoms with E-state index >= 15 is 0 Å². The quantitative estimate of drug-likeness (QED) is 0.604. The van der Waals surface area contributed by atoms with Gasteiger partial charge < -0.3 is 10.6 Å². The lowest BCUT2D eigenvalue weighted by Gasteiger charge is -2.06. The van der Waals surface area contributed by atoms with Crippen LogP contribution in [-0.2, 0) is 0 Å². The van der Waals surface area contributed by atoms with Gasteiger partial charge in [-0.1, -0.05) is 6.07 Å². The molecule has 0 aliphatic carbocycles. The van der Waals surface area contributed by atoms with E-state index < -0.39 is 6.03 Å². The van der Waals surface area contributed by atoms with E-state index in [9.17, 15) is 14.0 Å². The molecule has 0 bridgehead atoms. The van der Waals surface area contributed by atoms with Gasteiger partial charge in [0.25, 0.3) is 5.91 Å². The van der Waals surface area contributed by atoms with E-state index in [1.54, 1.807) is 5.38 Å². The summed E-state index contributed by atoms with van der Waals surface area (Å²) in [5.74, 6) is -0.747. The standard InChI is InChI=1S/C19H17FN4O2S/c1-11-7-12(2)9-15(8-11)21-17(25)16-10-27-19(23-16)24-18(26)22-14-5-3-13(20)4-6-14/h3-10H,1-2H3,(H,21,25)(H2,22,23,24,26). The summed E-state index contributed by atoms with van der Waals surface area (Å²) in [6, 6.07) is 10.6. The van der Waals surface area contributed by atoms with Crippen molar-refractivity contribution in [2.24, 2.45) is 0 Å². The van der Waals surface area contributed by atoms with Gasteiger partial charge in [0.15, 0.2) is 5.13 Å². The predicted octanol–water partition coefficient (Wildman–Crippen LogP) is 4.80. The highest BCUT2D eigenvalue weighted by Gasteiger charge is 2.13. The number of benzene rings is 2. The molecule has 0 aliphatic rings. The molecule has 0 saturated carbocycles. The van der Waals surface area contributed by atoms with E-state index in [4.69, 9.17) is 0 Å². The maximum Gasteiger partial charge on any atom is 0.325 e. The van der Waals surface area contributed by atoms with Crippen LogP contribution in [-0.4, -0.2) is 16.9 Å². The fourth-order valence-electron chi connectivity index (χ4n) is 2.47. The lowest BCUT2D eigenvalue weighted by molar-refractivity contribution is 0.102. The van der Waals surface area contributed by atoms with Crippen LogP contribution in [0.1, 0.15) is 21.6 Å². The molecule has 3 rings (SSSR count). The lowest BCUT2D eigenvalue weighted by atomic mass is 10.1. The number of nitrogens with zero attached hydrogens (tertiary/aromatic N) is 1. The zero-order valence-corrected chi connectivity index (χ0v) is 15.5. The van der Waals surface area contributed by atoms with Crippen molar-refractivity contribution in [2.75, 3.05) is 16.0 Å². The first-order valence-electron chi connectivity index (χ1n) is 8.08. The molecule has 3 aromatic rings. The van der Waals surface area contributed by atoms with E-state index in [0.29, 0.717) is 11.4 Å². The average molecular weight is 384 g/mol. The van der Waals surface area contributed by atoms with Gasteiger partial charge in [0, 0.05) is 16.8 Å². The number of anilines is 3. The molecule has 0 saturated heterocycles. The first kappa shape index (κ1) is 18.5. The summed E-state index contributed by atoms with van der Waals surface area (Å²) in [7, 11) is 0. The van der Waals surface area contributed by atoms with Crippen LogP contribution >= 0.6 is 11.3 Å².